The summed E-state index contributed by atoms with van der Waals surface area (Å²) < 4.78 is 0. The normalized spacial score (nSPS) is 16.8. The summed E-state index contributed by atoms with van der Waals surface area (Å²) in [7, 11) is 1.77. The van der Waals surface area contributed by atoms with Crippen molar-refractivity contribution >= 4 is 41.0 Å². The van der Waals surface area contributed by atoms with Crippen molar-refractivity contribution in [3.05, 3.63) is 93.4 Å². The zero-order valence-electron chi connectivity index (χ0n) is 23.9. The van der Waals surface area contributed by atoms with Gasteiger partial charge in [-0.3, -0.25) is 14.5 Å². The molecule has 0 saturated carbocycles. The number of hydrogen-bond acceptors (Lipinski definition) is 5. The molecule has 6 nitrogen and oxygen atoms in total. The second-order valence-corrected chi connectivity index (χ2v) is 11.9. The molecular weight excluding hydrogens is 516 g/mol. The van der Waals surface area contributed by atoms with E-state index in [9.17, 15) is 9.59 Å². The van der Waals surface area contributed by atoms with Crippen LogP contribution in [0, 0.1) is 20.8 Å². The molecule has 0 atom stereocenters. The summed E-state index contributed by atoms with van der Waals surface area (Å²) in [4.78, 5) is 34.2. The van der Waals surface area contributed by atoms with Crippen LogP contribution in [0.25, 0.3) is 6.08 Å². The van der Waals surface area contributed by atoms with Gasteiger partial charge in [0.1, 0.15) is 0 Å². The van der Waals surface area contributed by atoms with E-state index in [1.807, 2.05) is 49.4 Å². The molecule has 40 heavy (non-hydrogen) atoms. The number of thioether (sulfide) groups is 1. The van der Waals surface area contributed by atoms with Crippen molar-refractivity contribution < 1.29 is 9.59 Å². The van der Waals surface area contributed by atoms with E-state index in [0.717, 1.165) is 60.9 Å². The molecule has 3 aromatic rings. The van der Waals surface area contributed by atoms with Gasteiger partial charge < -0.3 is 15.1 Å². The lowest BCUT2D eigenvalue weighted by molar-refractivity contribution is -0.114. The molecule has 0 aromatic heterocycles. The fraction of sp³-hybridized carbons (Fsp3) is 0.333. The molecule has 1 fully saturated rings. The van der Waals surface area contributed by atoms with Crippen molar-refractivity contribution in [2.24, 2.45) is 0 Å². The number of carbonyl (C=O) groups excluding carboxylic acids is 2. The van der Waals surface area contributed by atoms with E-state index in [1.165, 1.54) is 28.6 Å². The van der Waals surface area contributed by atoms with Gasteiger partial charge in [-0.05, 0) is 80.8 Å². The molecule has 3 aromatic carbocycles. The number of benzene rings is 3. The second-order valence-electron chi connectivity index (χ2n) is 10.8. The van der Waals surface area contributed by atoms with E-state index in [-0.39, 0.29) is 11.8 Å². The van der Waals surface area contributed by atoms with Gasteiger partial charge in [-0.1, -0.05) is 53.7 Å². The highest BCUT2D eigenvalue weighted by molar-refractivity contribution is 8.04. The fourth-order valence-corrected chi connectivity index (χ4v) is 6.42. The van der Waals surface area contributed by atoms with Gasteiger partial charge in [0.2, 0.25) is 0 Å². The Labute approximate surface area is 242 Å². The van der Waals surface area contributed by atoms with Gasteiger partial charge in [0.05, 0.1) is 10.6 Å². The summed E-state index contributed by atoms with van der Waals surface area (Å²) >= 11 is 1.46. The molecular formula is C33H38N4O2S. The Hall–Kier alpha value is -3.55. The lowest BCUT2D eigenvalue weighted by Gasteiger charge is -2.37. The minimum absolute atomic E-state index is 0.0609. The standard InChI is InChI=1S/C33H38N4O2S/c1-23-7-5-8-26(19-23)21-31-33(39)35(4)29-22-27(11-12-30(29)40-31)32(38)34-13-6-14-36-15-17-37(18-16-36)28-20-24(2)9-10-25(28)3/h5,7-12,19-22H,6,13-18H2,1-4H3,(H,34,38)/b31-21+. The van der Waals surface area contributed by atoms with Crippen LogP contribution in [-0.4, -0.2) is 63.0 Å². The van der Waals surface area contributed by atoms with Crippen molar-refractivity contribution in [1.82, 2.24) is 10.2 Å². The van der Waals surface area contributed by atoms with Gasteiger partial charge in [-0.15, -0.1) is 0 Å². The molecule has 2 aliphatic heterocycles. The molecule has 2 aliphatic rings. The van der Waals surface area contributed by atoms with Crippen molar-refractivity contribution in [3.8, 4) is 0 Å². The highest BCUT2D eigenvalue weighted by atomic mass is 32.2. The summed E-state index contributed by atoms with van der Waals surface area (Å²) in [6.07, 6.45) is 2.84. The Bertz CT molecular complexity index is 1440. The van der Waals surface area contributed by atoms with E-state index in [2.05, 4.69) is 53.2 Å². The SMILES string of the molecule is Cc1cccc(/C=C2/Sc3ccc(C(=O)NCCCN4CCN(c5cc(C)ccc5C)CC4)cc3N(C)C2=O)c1. The number of anilines is 2. The third-order valence-corrected chi connectivity index (χ3v) is 8.75. The van der Waals surface area contributed by atoms with Crippen LogP contribution < -0.4 is 15.1 Å². The number of amides is 2. The van der Waals surface area contributed by atoms with Gasteiger partial charge >= 0.3 is 0 Å². The highest BCUT2D eigenvalue weighted by Crippen LogP contribution is 2.42. The number of likely N-dealkylation sites (N-methyl/N-ethyl adjacent to an activating group) is 1. The number of carbonyl (C=O) groups is 2. The molecule has 7 heteroatoms. The maximum absolute atomic E-state index is 13.1. The molecule has 0 bridgehead atoms. The summed E-state index contributed by atoms with van der Waals surface area (Å²) in [6, 6.07) is 20.4. The van der Waals surface area contributed by atoms with Crippen molar-refractivity contribution in [1.29, 1.82) is 0 Å². The molecule has 2 amide bonds. The molecule has 0 unspecified atom stereocenters. The molecule has 0 radical (unpaired) electrons. The van der Waals surface area contributed by atoms with E-state index in [1.54, 1.807) is 11.9 Å². The van der Waals surface area contributed by atoms with Crippen molar-refractivity contribution in [2.45, 2.75) is 32.1 Å². The number of fused-ring (bicyclic) bond motifs is 1. The molecule has 208 valence electrons. The lowest BCUT2D eigenvalue weighted by atomic mass is 10.1. The minimum Gasteiger partial charge on any atom is -0.369 e. The average molecular weight is 555 g/mol. The predicted octanol–water partition coefficient (Wildman–Crippen LogP) is 5.66. The van der Waals surface area contributed by atoms with Gasteiger partial charge in [-0.2, -0.15) is 0 Å². The summed E-state index contributed by atoms with van der Waals surface area (Å²) in [5.41, 5.74) is 7.49. The third kappa shape index (κ3) is 6.43. The van der Waals surface area contributed by atoms with Gasteiger partial charge in [-0.25, -0.2) is 0 Å². The predicted molar refractivity (Wildman–Crippen MR) is 166 cm³/mol. The molecule has 0 aliphatic carbocycles. The van der Waals surface area contributed by atoms with Crippen LogP contribution >= 0.6 is 11.8 Å². The first kappa shape index (κ1) is 28.0. The highest BCUT2D eigenvalue weighted by Gasteiger charge is 2.27. The quantitative estimate of drug-likeness (QED) is 0.302. The summed E-state index contributed by atoms with van der Waals surface area (Å²) in [5, 5.41) is 3.07. The summed E-state index contributed by atoms with van der Waals surface area (Å²) in [5.74, 6) is -0.163. The smallest absolute Gasteiger partial charge is 0.264 e. The monoisotopic (exact) mass is 554 g/mol. The van der Waals surface area contributed by atoms with Crippen LogP contribution in [0.3, 0.4) is 0 Å². The maximum Gasteiger partial charge on any atom is 0.264 e. The molecule has 0 spiro atoms. The van der Waals surface area contributed by atoms with E-state index in [0.29, 0.717) is 17.0 Å². The number of nitrogens with one attached hydrogen (secondary N) is 1. The molecule has 5 rings (SSSR count). The molecule has 1 saturated heterocycles. The van der Waals surface area contributed by atoms with Crippen LogP contribution in [-0.2, 0) is 4.79 Å². The number of aryl methyl sites for hydroxylation is 3. The molecule has 2 heterocycles. The van der Waals surface area contributed by atoms with Crippen LogP contribution in [0.5, 0.6) is 0 Å². The Balaban J connectivity index is 1.11. The Morgan fingerprint density at radius 1 is 0.925 bits per heavy atom. The van der Waals surface area contributed by atoms with Gasteiger partial charge in [0, 0.05) is 55.9 Å². The number of piperazine rings is 1. The van der Waals surface area contributed by atoms with E-state index < -0.39 is 0 Å². The lowest BCUT2D eigenvalue weighted by Crippen LogP contribution is -2.47. The number of rotatable bonds is 7. The minimum atomic E-state index is -0.102. The van der Waals surface area contributed by atoms with E-state index >= 15 is 0 Å². The first-order valence-corrected chi connectivity index (χ1v) is 14.8. The Kier molecular flexibility index (Phi) is 8.62. The topological polar surface area (TPSA) is 55.9 Å². The summed E-state index contributed by atoms with van der Waals surface area (Å²) in [6.45, 7) is 12.1. The Morgan fingerprint density at radius 2 is 1.70 bits per heavy atom. The van der Waals surface area contributed by atoms with Crippen LogP contribution in [0.15, 0.2) is 70.5 Å². The number of hydrogen-bond donors (Lipinski definition) is 1. The van der Waals surface area contributed by atoms with Crippen LogP contribution in [0.2, 0.25) is 0 Å². The Morgan fingerprint density at radius 3 is 2.48 bits per heavy atom. The van der Waals surface area contributed by atoms with Gasteiger partial charge in [0.25, 0.3) is 11.8 Å². The van der Waals surface area contributed by atoms with Gasteiger partial charge in [0.15, 0.2) is 0 Å². The average Bonchev–Trinajstić information content (AvgIpc) is 2.95. The number of nitrogens with zero attached hydrogens (tertiary/aromatic N) is 3. The first-order chi connectivity index (χ1) is 19.3. The van der Waals surface area contributed by atoms with Crippen molar-refractivity contribution in [2.75, 3.05) is 56.1 Å². The van der Waals surface area contributed by atoms with E-state index in [4.69, 9.17) is 0 Å². The zero-order chi connectivity index (χ0) is 28.2. The third-order valence-electron chi connectivity index (χ3n) is 7.67. The largest absolute Gasteiger partial charge is 0.369 e. The maximum atomic E-state index is 13.1. The zero-order valence-corrected chi connectivity index (χ0v) is 24.7. The first-order valence-electron chi connectivity index (χ1n) is 14.0. The van der Waals surface area contributed by atoms with Crippen molar-refractivity contribution in [3.63, 3.8) is 0 Å². The molecule has 1 N–H and O–H groups in total. The van der Waals surface area contributed by atoms with Crippen LogP contribution in [0.1, 0.15) is 39.0 Å². The fourth-order valence-electron chi connectivity index (χ4n) is 5.33. The second kappa shape index (κ2) is 12.3. The van der Waals surface area contributed by atoms with Crippen LogP contribution in [0.4, 0.5) is 11.4 Å².